The van der Waals surface area contributed by atoms with E-state index < -0.39 is 0 Å². The number of anilines is 2. The van der Waals surface area contributed by atoms with Crippen LogP contribution in [-0.4, -0.2) is 0 Å². The highest BCUT2D eigenvalue weighted by atomic mass is 35.5. The van der Waals surface area contributed by atoms with Crippen LogP contribution in [0.5, 0.6) is 0 Å². The van der Waals surface area contributed by atoms with Crippen LogP contribution in [0.1, 0.15) is 0 Å². The van der Waals surface area contributed by atoms with Gasteiger partial charge in [-0.3, -0.25) is 0 Å². The largest absolute Gasteiger partial charge is 0.398 e. The van der Waals surface area contributed by atoms with E-state index in [0.717, 1.165) is 44.2 Å². The number of nitrogens with two attached hydrogens (primary N) is 2. The Hall–Kier alpha value is -3.46. The SMILES string of the molecule is Nc1cc(-c2cccc(Cl)c2)c(-c2cccc(Cl)c2)c(N)c1-c1cccc2ccccc12. The molecule has 0 radical (unpaired) electrons. The van der Waals surface area contributed by atoms with Gasteiger partial charge in [0.1, 0.15) is 0 Å². The third kappa shape index (κ3) is 3.58. The van der Waals surface area contributed by atoms with Crippen molar-refractivity contribution in [3.05, 3.63) is 107 Å². The van der Waals surface area contributed by atoms with Gasteiger partial charge < -0.3 is 11.5 Å². The summed E-state index contributed by atoms with van der Waals surface area (Å²) >= 11 is 12.7. The quantitative estimate of drug-likeness (QED) is 0.269. The van der Waals surface area contributed by atoms with Gasteiger partial charge in [0, 0.05) is 26.9 Å². The number of benzene rings is 5. The molecule has 0 amide bonds. The van der Waals surface area contributed by atoms with Crippen LogP contribution in [0.3, 0.4) is 0 Å². The van der Waals surface area contributed by atoms with E-state index in [-0.39, 0.29) is 0 Å². The van der Waals surface area contributed by atoms with Gasteiger partial charge in [-0.15, -0.1) is 0 Å². The summed E-state index contributed by atoms with van der Waals surface area (Å²) < 4.78 is 0. The predicted octanol–water partition coefficient (Wildman–Crippen LogP) is 8.31. The van der Waals surface area contributed by atoms with E-state index in [1.54, 1.807) is 0 Å². The zero-order valence-electron chi connectivity index (χ0n) is 17.1. The predicted molar refractivity (Wildman–Crippen MR) is 139 cm³/mol. The van der Waals surface area contributed by atoms with E-state index in [9.17, 15) is 0 Å². The van der Waals surface area contributed by atoms with Crippen LogP contribution in [0.15, 0.2) is 97.1 Å². The van der Waals surface area contributed by atoms with E-state index in [0.29, 0.717) is 21.4 Å². The molecule has 0 unspecified atom stereocenters. The molecule has 0 bridgehead atoms. The zero-order chi connectivity index (χ0) is 22.2. The molecule has 0 heterocycles. The number of fused-ring (bicyclic) bond motifs is 1. The summed E-state index contributed by atoms with van der Waals surface area (Å²) in [6.45, 7) is 0. The summed E-state index contributed by atoms with van der Waals surface area (Å²) in [7, 11) is 0. The molecule has 32 heavy (non-hydrogen) atoms. The summed E-state index contributed by atoms with van der Waals surface area (Å²) in [4.78, 5) is 0. The summed E-state index contributed by atoms with van der Waals surface area (Å²) in [6, 6.07) is 31.8. The van der Waals surface area contributed by atoms with Crippen molar-refractivity contribution >= 4 is 45.3 Å². The summed E-state index contributed by atoms with van der Waals surface area (Å²) in [5.74, 6) is 0. The van der Waals surface area contributed by atoms with Crippen molar-refractivity contribution in [3.63, 3.8) is 0 Å². The molecule has 156 valence electrons. The van der Waals surface area contributed by atoms with Crippen LogP contribution < -0.4 is 11.5 Å². The standard InChI is InChI=1S/C28H20Cl2N2/c29-20-10-3-8-18(14-20)24-16-25(31)27(23-13-5-7-17-6-1-2-12-22(17)23)28(32)26(24)19-9-4-11-21(30)15-19/h1-16H,31-32H2. The lowest BCUT2D eigenvalue weighted by Gasteiger charge is -2.20. The Morgan fingerprint density at radius 2 is 1.16 bits per heavy atom. The van der Waals surface area contributed by atoms with Crippen LogP contribution in [0.2, 0.25) is 10.0 Å². The van der Waals surface area contributed by atoms with Crippen molar-refractivity contribution in [2.24, 2.45) is 0 Å². The van der Waals surface area contributed by atoms with Crippen molar-refractivity contribution in [2.75, 3.05) is 11.5 Å². The van der Waals surface area contributed by atoms with Gasteiger partial charge in [-0.1, -0.05) is 89.9 Å². The van der Waals surface area contributed by atoms with Crippen LogP contribution in [0, 0.1) is 0 Å². The molecule has 4 heteroatoms. The zero-order valence-corrected chi connectivity index (χ0v) is 18.7. The second kappa shape index (κ2) is 8.23. The first kappa shape index (κ1) is 20.4. The van der Waals surface area contributed by atoms with Gasteiger partial charge in [-0.25, -0.2) is 0 Å². The fraction of sp³-hybridized carbons (Fsp3) is 0. The third-order valence-electron chi connectivity index (χ3n) is 5.70. The van der Waals surface area contributed by atoms with Crippen molar-refractivity contribution < 1.29 is 0 Å². The number of hydrogen-bond donors (Lipinski definition) is 2. The molecule has 0 aliphatic rings. The first-order chi connectivity index (χ1) is 15.5. The first-order valence-electron chi connectivity index (χ1n) is 10.2. The average molecular weight is 455 g/mol. The Morgan fingerprint density at radius 3 is 1.91 bits per heavy atom. The van der Waals surface area contributed by atoms with Crippen molar-refractivity contribution in [2.45, 2.75) is 0 Å². The highest BCUT2D eigenvalue weighted by Crippen LogP contribution is 2.47. The molecule has 2 nitrogen and oxygen atoms in total. The molecule has 0 aliphatic carbocycles. The molecule has 0 saturated heterocycles. The van der Waals surface area contributed by atoms with E-state index in [1.165, 1.54) is 0 Å². The monoisotopic (exact) mass is 454 g/mol. The second-order valence-electron chi connectivity index (χ2n) is 7.72. The van der Waals surface area contributed by atoms with E-state index in [1.807, 2.05) is 72.8 Å². The molecular weight excluding hydrogens is 435 g/mol. The minimum atomic E-state index is 0.610. The normalized spacial score (nSPS) is 11.1. The molecule has 0 fully saturated rings. The van der Waals surface area contributed by atoms with Gasteiger partial charge in [0.25, 0.3) is 0 Å². The third-order valence-corrected chi connectivity index (χ3v) is 6.17. The molecule has 5 aromatic rings. The summed E-state index contributed by atoms with van der Waals surface area (Å²) in [6.07, 6.45) is 0. The highest BCUT2D eigenvalue weighted by Gasteiger charge is 2.20. The molecule has 0 atom stereocenters. The lowest BCUT2D eigenvalue weighted by molar-refractivity contribution is 1.56. The number of hydrogen-bond acceptors (Lipinski definition) is 2. The van der Waals surface area contributed by atoms with Crippen molar-refractivity contribution in [3.8, 4) is 33.4 Å². The number of rotatable bonds is 3. The smallest absolute Gasteiger partial charge is 0.0500 e. The first-order valence-corrected chi connectivity index (χ1v) is 11.0. The van der Waals surface area contributed by atoms with Gasteiger partial charge in [0.15, 0.2) is 0 Å². The molecule has 0 saturated carbocycles. The van der Waals surface area contributed by atoms with E-state index >= 15 is 0 Å². The van der Waals surface area contributed by atoms with Crippen LogP contribution in [0.25, 0.3) is 44.2 Å². The Morgan fingerprint density at radius 1 is 0.531 bits per heavy atom. The molecule has 0 aliphatic heterocycles. The Balaban J connectivity index is 1.88. The van der Waals surface area contributed by atoms with Gasteiger partial charge in [0.2, 0.25) is 0 Å². The van der Waals surface area contributed by atoms with E-state index in [2.05, 4.69) is 24.3 Å². The van der Waals surface area contributed by atoms with Crippen molar-refractivity contribution in [1.82, 2.24) is 0 Å². The molecule has 4 N–H and O–H groups in total. The van der Waals surface area contributed by atoms with Gasteiger partial charge in [0.05, 0.1) is 5.69 Å². The maximum absolute atomic E-state index is 6.91. The van der Waals surface area contributed by atoms with E-state index in [4.69, 9.17) is 34.7 Å². The second-order valence-corrected chi connectivity index (χ2v) is 8.60. The van der Waals surface area contributed by atoms with Gasteiger partial charge in [-0.2, -0.15) is 0 Å². The minimum Gasteiger partial charge on any atom is -0.398 e. The van der Waals surface area contributed by atoms with Gasteiger partial charge >= 0.3 is 0 Å². The lowest BCUT2D eigenvalue weighted by Crippen LogP contribution is -2.02. The summed E-state index contributed by atoms with van der Waals surface area (Å²) in [5, 5.41) is 3.52. The van der Waals surface area contributed by atoms with Crippen LogP contribution in [0.4, 0.5) is 11.4 Å². The Kier molecular flexibility index (Phi) is 5.26. The average Bonchev–Trinajstić information content (AvgIpc) is 2.79. The number of nitrogen functional groups attached to an aromatic ring is 2. The summed E-state index contributed by atoms with van der Waals surface area (Å²) in [5.41, 5.74) is 20.3. The minimum absolute atomic E-state index is 0.610. The highest BCUT2D eigenvalue weighted by molar-refractivity contribution is 6.31. The van der Waals surface area contributed by atoms with Crippen LogP contribution in [-0.2, 0) is 0 Å². The molecule has 5 rings (SSSR count). The molecule has 0 spiro atoms. The fourth-order valence-corrected chi connectivity index (χ4v) is 4.69. The van der Waals surface area contributed by atoms with Crippen molar-refractivity contribution in [1.29, 1.82) is 0 Å². The topological polar surface area (TPSA) is 52.0 Å². The van der Waals surface area contributed by atoms with Gasteiger partial charge in [-0.05, 0) is 63.4 Å². The molecule has 5 aromatic carbocycles. The lowest BCUT2D eigenvalue weighted by atomic mass is 9.86. The number of halogens is 2. The Labute approximate surface area is 197 Å². The maximum atomic E-state index is 6.91. The molecular formula is C28H20Cl2N2. The maximum Gasteiger partial charge on any atom is 0.0500 e. The molecule has 0 aromatic heterocycles. The fourth-order valence-electron chi connectivity index (χ4n) is 4.31. The Bertz CT molecular complexity index is 1470. The van der Waals surface area contributed by atoms with Crippen LogP contribution >= 0.6 is 23.2 Å².